The first kappa shape index (κ1) is 17.3. The summed E-state index contributed by atoms with van der Waals surface area (Å²) in [6.45, 7) is 5.56. The summed E-state index contributed by atoms with van der Waals surface area (Å²) < 4.78 is 5.32. The molecule has 0 fully saturated rings. The molecule has 5 nitrogen and oxygen atoms in total. The van der Waals surface area contributed by atoms with Gasteiger partial charge >= 0.3 is 6.09 Å². The van der Waals surface area contributed by atoms with E-state index >= 15 is 0 Å². The van der Waals surface area contributed by atoms with Crippen LogP contribution in [0.25, 0.3) is 0 Å². The smallest absolute Gasteiger partial charge is 0.407 e. The monoisotopic (exact) mass is 318 g/mol. The molecule has 0 aromatic heterocycles. The number of rotatable bonds is 4. The van der Waals surface area contributed by atoms with E-state index in [1.807, 2.05) is 20.8 Å². The average Bonchev–Trinajstić information content (AvgIpc) is 2.42. The molecule has 3 N–H and O–H groups in total. The molecular weight excluding hydrogens is 292 g/mol. The zero-order valence-electron chi connectivity index (χ0n) is 14.1. The number of nitrogens with one attached hydrogen (secondary N) is 1. The molecule has 1 atom stereocenters. The number of alkyl carbamates (subject to hydrolysis) is 1. The third-order valence-electron chi connectivity index (χ3n) is 3.88. The van der Waals surface area contributed by atoms with Crippen molar-refractivity contribution < 1.29 is 14.3 Å². The Morgan fingerprint density at radius 3 is 2.70 bits per heavy atom. The van der Waals surface area contributed by atoms with E-state index in [9.17, 15) is 9.59 Å². The van der Waals surface area contributed by atoms with E-state index in [4.69, 9.17) is 10.5 Å². The number of benzene rings is 1. The van der Waals surface area contributed by atoms with Crippen LogP contribution in [0.4, 0.5) is 4.79 Å². The predicted octanol–water partition coefficient (Wildman–Crippen LogP) is 2.49. The number of amides is 2. The molecule has 5 heteroatoms. The summed E-state index contributed by atoms with van der Waals surface area (Å²) in [5.74, 6) is -0.285. The minimum absolute atomic E-state index is 0.0868. The van der Waals surface area contributed by atoms with Crippen LogP contribution in [0.1, 0.15) is 50.3 Å². The van der Waals surface area contributed by atoms with Crippen molar-refractivity contribution in [2.75, 3.05) is 0 Å². The van der Waals surface area contributed by atoms with E-state index < -0.39 is 5.60 Å². The Morgan fingerprint density at radius 1 is 1.30 bits per heavy atom. The molecule has 126 valence electrons. The van der Waals surface area contributed by atoms with Crippen LogP contribution in [0.15, 0.2) is 18.2 Å². The summed E-state index contributed by atoms with van der Waals surface area (Å²) in [4.78, 5) is 22.8. The van der Waals surface area contributed by atoms with Gasteiger partial charge in [0.1, 0.15) is 5.60 Å². The van der Waals surface area contributed by atoms with E-state index in [1.54, 1.807) is 0 Å². The zero-order chi connectivity index (χ0) is 17.0. The van der Waals surface area contributed by atoms with Crippen LogP contribution in [0, 0.1) is 0 Å². The van der Waals surface area contributed by atoms with Crippen LogP contribution in [-0.2, 0) is 28.8 Å². The fraction of sp³-hybridized carbons (Fsp3) is 0.556. The standard InChI is InChI=1S/C18H26N2O3/c1-18(2,3)23-17(22)20-15-8-7-13-6-4-12(5-9-16(19)21)10-14(13)11-15/h4,6,10,15H,5,7-9,11H2,1-3H3,(H2,19,21)(H,20,22)/t15-/m0/s1. The normalized spacial score (nSPS) is 17.3. The summed E-state index contributed by atoms with van der Waals surface area (Å²) in [5, 5.41) is 2.95. The Bertz CT molecular complexity index is 590. The molecule has 0 spiro atoms. The molecule has 1 aromatic carbocycles. The van der Waals surface area contributed by atoms with Crippen molar-refractivity contribution in [1.29, 1.82) is 0 Å². The van der Waals surface area contributed by atoms with E-state index in [1.165, 1.54) is 11.1 Å². The molecule has 0 saturated heterocycles. The van der Waals surface area contributed by atoms with Crippen molar-refractivity contribution in [3.63, 3.8) is 0 Å². The minimum Gasteiger partial charge on any atom is -0.444 e. The second kappa shape index (κ2) is 7.02. The fourth-order valence-electron chi connectivity index (χ4n) is 2.83. The van der Waals surface area contributed by atoms with E-state index in [0.717, 1.165) is 24.8 Å². The molecule has 23 heavy (non-hydrogen) atoms. The van der Waals surface area contributed by atoms with Crippen molar-refractivity contribution in [3.8, 4) is 0 Å². The van der Waals surface area contributed by atoms with Gasteiger partial charge in [0.25, 0.3) is 0 Å². The molecule has 0 radical (unpaired) electrons. The van der Waals surface area contributed by atoms with Gasteiger partial charge in [0, 0.05) is 12.5 Å². The largest absolute Gasteiger partial charge is 0.444 e. The van der Waals surface area contributed by atoms with Gasteiger partial charge in [-0.3, -0.25) is 4.79 Å². The van der Waals surface area contributed by atoms with Gasteiger partial charge in [-0.1, -0.05) is 18.2 Å². The highest BCUT2D eigenvalue weighted by atomic mass is 16.6. The number of nitrogens with two attached hydrogens (primary N) is 1. The minimum atomic E-state index is -0.488. The Hall–Kier alpha value is -2.04. The van der Waals surface area contributed by atoms with Crippen LogP contribution in [0.3, 0.4) is 0 Å². The molecule has 1 aromatic rings. The van der Waals surface area contributed by atoms with Gasteiger partial charge in [0.05, 0.1) is 0 Å². The summed E-state index contributed by atoms with van der Waals surface area (Å²) in [6, 6.07) is 6.39. The van der Waals surface area contributed by atoms with Gasteiger partial charge in [0.2, 0.25) is 5.91 Å². The maximum absolute atomic E-state index is 11.9. The summed E-state index contributed by atoms with van der Waals surface area (Å²) in [6.07, 6.45) is 3.29. The van der Waals surface area contributed by atoms with Crippen LogP contribution in [0.5, 0.6) is 0 Å². The molecule has 2 amide bonds. The fourth-order valence-corrected chi connectivity index (χ4v) is 2.83. The van der Waals surface area contributed by atoms with Crippen molar-refractivity contribution in [2.45, 2.75) is 64.5 Å². The lowest BCUT2D eigenvalue weighted by Crippen LogP contribution is -2.41. The maximum atomic E-state index is 11.9. The number of ether oxygens (including phenoxy) is 1. The van der Waals surface area contributed by atoms with Crippen LogP contribution < -0.4 is 11.1 Å². The Labute approximate surface area is 137 Å². The molecule has 1 aliphatic rings. The molecule has 2 rings (SSSR count). The second-order valence-electron chi connectivity index (χ2n) is 7.16. The first-order valence-electron chi connectivity index (χ1n) is 8.11. The topological polar surface area (TPSA) is 81.4 Å². The molecule has 0 bridgehead atoms. The van der Waals surface area contributed by atoms with E-state index in [-0.39, 0.29) is 18.0 Å². The average molecular weight is 318 g/mol. The molecule has 0 unspecified atom stereocenters. The van der Waals surface area contributed by atoms with Gasteiger partial charge in [-0.25, -0.2) is 4.79 Å². The lowest BCUT2D eigenvalue weighted by Gasteiger charge is -2.27. The van der Waals surface area contributed by atoms with Crippen LogP contribution >= 0.6 is 0 Å². The van der Waals surface area contributed by atoms with Crippen LogP contribution in [-0.4, -0.2) is 23.6 Å². The maximum Gasteiger partial charge on any atom is 0.407 e. The first-order valence-corrected chi connectivity index (χ1v) is 8.11. The highest BCUT2D eigenvalue weighted by Gasteiger charge is 2.23. The van der Waals surface area contributed by atoms with Gasteiger partial charge in [-0.2, -0.15) is 0 Å². The second-order valence-corrected chi connectivity index (χ2v) is 7.16. The van der Waals surface area contributed by atoms with Crippen molar-refractivity contribution in [2.24, 2.45) is 5.73 Å². The van der Waals surface area contributed by atoms with Gasteiger partial charge in [-0.15, -0.1) is 0 Å². The lowest BCUT2D eigenvalue weighted by molar-refractivity contribution is -0.117. The molecule has 0 aliphatic heterocycles. The molecule has 0 saturated carbocycles. The third-order valence-corrected chi connectivity index (χ3v) is 3.88. The summed E-state index contributed by atoms with van der Waals surface area (Å²) >= 11 is 0. The number of carbonyl (C=O) groups excluding carboxylic acids is 2. The number of primary amides is 1. The zero-order valence-corrected chi connectivity index (χ0v) is 14.1. The summed E-state index contributed by atoms with van der Waals surface area (Å²) in [7, 11) is 0. The van der Waals surface area contributed by atoms with Crippen molar-refractivity contribution in [3.05, 3.63) is 34.9 Å². The molecule has 1 aliphatic carbocycles. The lowest BCUT2D eigenvalue weighted by atomic mass is 9.86. The highest BCUT2D eigenvalue weighted by molar-refractivity contribution is 5.74. The van der Waals surface area contributed by atoms with Crippen molar-refractivity contribution >= 4 is 12.0 Å². The molecular formula is C18H26N2O3. The molecule has 0 heterocycles. The first-order chi connectivity index (χ1) is 10.7. The van der Waals surface area contributed by atoms with Gasteiger partial charge < -0.3 is 15.8 Å². The van der Waals surface area contributed by atoms with Gasteiger partial charge in [-0.05, 0) is 63.1 Å². The third kappa shape index (κ3) is 5.58. The number of hydrogen-bond donors (Lipinski definition) is 2. The van der Waals surface area contributed by atoms with Gasteiger partial charge in [0.15, 0.2) is 0 Å². The SMILES string of the molecule is CC(C)(C)OC(=O)N[C@H]1CCc2ccc(CCC(N)=O)cc2C1. The highest BCUT2D eigenvalue weighted by Crippen LogP contribution is 2.23. The number of aryl methyl sites for hydroxylation is 2. The van der Waals surface area contributed by atoms with E-state index in [2.05, 4.69) is 23.5 Å². The van der Waals surface area contributed by atoms with Crippen LogP contribution in [0.2, 0.25) is 0 Å². The predicted molar refractivity (Wildman–Crippen MR) is 89.1 cm³/mol. The van der Waals surface area contributed by atoms with Crippen molar-refractivity contribution in [1.82, 2.24) is 5.32 Å². The summed E-state index contributed by atoms with van der Waals surface area (Å²) in [5.41, 5.74) is 8.38. The Morgan fingerprint density at radius 2 is 2.04 bits per heavy atom. The quantitative estimate of drug-likeness (QED) is 0.895. The number of hydrogen-bond acceptors (Lipinski definition) is 3. The number of carbonyl (C=O) groups is 2. The Kier molecular flexibility index (Phi) is 5.29. The number of fused-ring (bicyclic) bond motifs is 1. The van der Waals surface area contributed by atoms with E-state index in [0.29, 0.717) is 12.8 Å². The Balaban J connectivity index is 1.97.